The van der Waals surface area contributed by atoms with Gasteiger partial charge in [-0.1, -0.05) is 0 Å². The molecule has 0 radical (unpaired) electrons. The zero-order valence-electron chi connectivity index (χ0n) is 47.9. The van der Waals surface area contributed by atoms with Crippen LogP contribution in [-0.2, 0) is 25.7 Å². The van der Waals surface area contributed by atoms with Gasteiger partial charge in [0.15, 0.2) is 0 Å². The molecule has 12 rings (SSSR count). The summed E-state index contributed by atoms with van der Waals surface area (Å²) in [5.41, 5.74) is 14.0. The molecule has 7 heteroatoms. The summed E-state index contributed by atoms with van der Waals surface area (Å²) in [5, 5.41) is 11.6. The first kappa shape index (κ1) is 54.0. The summed E-state index contributed by atoms with van der Waals surface area (Å²) in [4.78, 5) is 0. The number of hydrogen-bond donors (Lipinski definition) is 0. The van der Waals surface area contributed by atoms with Crippen LogP contribution in [0.2, 0.25) is 0 Å². The molecule has 0 N–H and O–H groups in total. The molecule has 80 heavy (non-hydrogen) atoms. The molecule has 0 aliphatic carbocycles. The minimum atomic E-state index is -3.14. The van der Waals surface area contributed by atoms with Gasteiger partial charge in [0.1, 0.15) is 0 Å². The van der Waals surface area contributed by atoms with Gasteiger partial charge in [0.25, 0.3) is 0 Å². The summed E-state index contributed by atoms with van der Waals surface area (Å²) in [6.45, 7) is 17.9. The second-order valence-corrected chi connectivity index (χ2v) is 27.2. The zero-order chi connectivity index (χ0) is 55.0. The normalized spacial score (nSPS) is 13.5. The number of aryl methyl sites for hydroxylation is 8. The molecular weight excluding hydrogens is 1110 g/mol. The van der Waals surface area contributed by atoms with E-state index in [0.717, 1.165) is 177 Å². The number of benzene rings is 10. The topological polar surface area (TPSA) is 46.2 Å². The van der Waals surface area contributed by atoms with Crippen molar-refractivity contribution < 1.29 is 20.1 Å². The molecule has 0 aromatic heterocycles. The Morgan fingerprint density at radius 2 is 0.925 bits per heavy atom. The van der Waals surface area contributed by atoms with Crippen LogP contribution >= 0.6 is 28.8 Å². The van der Waals surface area contributed by atoms with E-state index >= 15 is 0 Å². The Hall–Kier alpha value is -6.60. The number of ether oxygens (including phenoxy) is 2. The van der Waals surface area contributed by atoms with Crippen molar-refractivity contribution in [1.29, 1.82) is 0 Å². The van der Waals surface area contributed by atoms with Crippen LogP contribution in [0.15, 0.2) is 146 Å². The van der Waals surface area contributed by atoms with E-state index in [4.69, 9.17) is 20.1 Å². The van der Waals surface area contributed by atoms with Crippen molar-refractivity contribution in [3.05, 3.63) is 190 Å². The van der Waals surface area contributed by atoms with Gasteiger partial charge in [0, 0.05) is 0 Å². The van der Waals surface area contributed by atoms with Gasteiger partial charge >= 0.3 is 487 Å². The number of fused-ring (bicyclic) bond motifs is 11. The number of hydrogen-bond acceptors (Lipinski definition) is 5. The fraction of sp³-hybridized carbons (Fsp3) is 0.288. The van der Waals surface area contributed by atoms with Gasteiger partial charge in [-0.2, -0.15) is 0 Å². The van der Waals surface area contributed by atoms with Gasteiger partial charge in [0.2, 0.25) is 0 Å². The van der Waals surface area contributed by atoms with Crippen molar-refractivity contribution in [1.82, 2.24) is 0 Å². The van der Waals surface area contributed by atoms with Crippen molar-refractivity contribution in [3.8, 4) is 56.8 Å². The van der Waals surface area contributed by atoms with Crippen molar-refractivity contribution >= 4 is 82.5 Å². The Morgan fingerprint density at radius 3 is 1.48 bits per heavy atom. The average molecular weight is 1190 g/mol. The fourth-order valence-corrected chi connectivity index (χ4v) is 17.2. The predicted molar refractivity (Wildman–Crippen MR) is 348 cm³/mol. The third kappa shape index (κ3) is 10.4. The molecule has 408 valence electrons. The Bertz CT molecular complexity index is 3940. The molecule has 0 amide bonds. The molecule has 0 fully saturated rings. The van der Waals surface area contributed by atoms with E-state index in [1.54, 1.807) is 0 Å². The standard InChI is InChI=1S/C73H74IO5P/c1-9-13-21-50-31-33-60-56(41-50)43-54(23-15-11-3)72(78-74-45-75-70-48(7)39-52-25-17-19-27-58(52)66(70)67-59-28-20-18-26-53(59)40-49(8)71(67)77-74)68(60)69-61-34-32-51(22-14-10-2)42-57(61)44-55(24-16-12-4)73(69)79-80-64-37-46(5)29-35-62(64)76-63-36-30-47(6)38-65(63)80/h17-20,25-44H,9-16,21-24,45H2,1-8H3. The minimum absolute atomic E-state index is 0.321. The molecule has 10 aromatic rings. The van der Waals surface area contributed by atoms with Crippen molar-refractivity contribution in [3.63, 3.8) is 0 Å². The van der Waals surface area contributed by atoms with Crippen LogP contribution in [0.25, 0.3) is 65.3 Å². The van der Waals surface area contributed by atoms with Crippen molar-refractivity contribution in [2.24, 2.45) is 0 Å². The summed E-state index contributed by atoms with van der Waals surface area (Å²) in [6.07, 6.45) is 12.5. The number of alkyl halides is 1. The molecule has 2 aliphatic heterocycles. The number of rotatable bonds is 17. The van der Waals surface area contributed by atoms with Crippen LogP contribution in [0.3, 0.4) is 0 Å². The zero-order valence-corrected chi connectivity index (χ0v) is 51.0. The molecule has 0 atom stereocenters. The van der Waals surface area contributed by atoms with E-state index in [1.807, 2.05) is 0 Å². The molecule has 10 aromatic carbocycles. The molecule has 2 heterocycles. The number of unbranched alkanes of at least 4 members (excludes halogenated alkanes) is 4. The van der Waals surface area contributed by atoms with E-state index in [0.29, 0.717) is 4.61 Å². The van der Waals surface area contributed by atoms with Gasteiger partial charge in [-0.15, -0.1) is 0 Å². The average Bonchev–Trinajstić information content (AvgIpc) is 3.65. The molecule has 0 saturated carbocycles. The SMILES string of the molecule is CCCCc1ccc2c(-c3c(OI4COc5c(C)cc6ccccc6c5-c5c(c(C)cc6ccccc56)O4)c(CCCC)cc4cc(CCCC)ccc34)c(OP3c4cc(C)ccc4Oc4ccc(C)cc43)c(CCCC)cc2c1. The first-order chi connectivity index (χ1) is 39.1. The Labute approximate surface area is 483 Å². The monoisotopic (exact) mass is 1190 g/mol. The molecule has 0 spiro atoms. The predicted octanol–water partition coefficient (Wildman–Crippen LogP) is 20.9. The van der Waals surface area contributed by atoms with Gasteiger partial charge in [-0.3, -0.25) is 0 Å². The second-order valence-electron chi connectivity index (χ2n) is 22.4. The third-order valence-corrected chi connectivity index (χ3v) is 20.9. The molecule has 5 nitrogen and oxygen atoms in total. The Morgan fingerprint density at radius 1 is 0.450 bits per heavy atom. The van der Waals surface area contributed by atoms with Gasteiger partial charge in [-0.05, 0) is 0 Å². The summed E-state index contributed by atoms with van der Waals surface area (Å²) in [6, 6.07) is 54.5. The molecule has 2 aliphatic rings. The van der Waals surface area contributed by atoms with Crippen LogP contribution in [0.1, 0.15) is 124 Å². The molecular formula is C73H74IO5P. The van der Waals surface area contributed by atoms with Gasteiger partial charge < -0.3 is 0 Å². The van der Waals surface area contributed by atoms with Gasteiger partial charge in [0.05, 0.1) is 0 Å². The van der Waals surface area contributed by atoms with Crippen LogP contribution < -0.4 is 30.7 Å². The van der Waals surface area contributed by atoms with E-state index in [-0.39, 0.29) is 0 Å². The van der Waals surface area contributed by atoms with E-state index in [9.17, 15) is 0 Å². The van der Waals surface area contributed by atoms with Crippen LogP contribution in [0.5, 0.6) is 34.5 Å². The maximum absolute atomic E-state index is 8.14. The van der Waals surface area contributed by atoms with Crippen LogP contribution in [0.4, 0.5) is 0 Å². The summed E-state index contributed by atoms with van der Waals surface area (Å²) in [7, 11) is -1.41. The first-order valence-electron chi connectivity index (χ1n) is 29.4. The Kier molecular flexibility index (Phi) is 15.8. The third-order valence-electron chi connectivity index (χ3n) is 16.3. The first-order valence-corrected chi connectivity index (χ1v) is 33.9. The van der Waals surface area contributed by atoms with E-state index in [1.165, 1.54) is 54.9 Å². The fourth-order valence-electron chi connectivity index (χ4n) is 12.1. The summed E-state index contributed by atoms with van der Waals surface area (Å²) in [5.74, 6) is 5.30. The molecule has 0 bridgehead atoms. The van der Waals surface area contributed by atoms with Crippen LogP contribution in [-0.4, -0.2) is 4.61 Å². The van der Waals surface area contributed by atoms with Gasteiger partial charge in [-0.25, -0.2) is 0 Å². The Balaban J connectivity index is 1.15. The molecule has 0 unspecified atom stereocenters. The maximum atomic E-state index is 8.14. The quantitative estimate of drug-likeness (QED) is 0.0516. The van der Waals surface area contributed by atoms with Crippen LogP contribution in [0, 0.1) is 27.7 Å². The van der Waals surface area contributed by atoms with E-state index in [2.05, 4.69) is 201 Å². The second kappa shape index (κ2) is 23.5. The number of halogens is 1. The summed E-state index contributed by atoms with van der Waals surface area (Å²) < 4.78 is 38.2. The summed E-state index contributed by atoms with van der Waals surface area (Å²) >= 11 is -3.14. The molecule has 0 saturated heterocycles. The van der Waals surface area contributed by atoms with E-state index < -0.39 is 28.8 Å². The van der Waals surface area contributed by atoms with Crippen molar-refractivity contribution in [2.45, 2.75) is 132 Å². The van der Waals surface area contributed by atoms with Crippen molar-refractivity contribution in [2.75, 3.05) is 4.61 Å².